The lowest BCUT2D eigenvalue weighted by atomic mass is 10.2. The fourth-order valence-electron chi connectivity index (χ4n) is 1.15. The van der Waals surface area contributed by atoms with E-state index in [2.05, 4.69) is 9.68 Å². The third-order valence-corrected chi connectivity index (χ3v) is 2.10. The Balaban J connectivity index is 1.97. The summed E-state index contributed by atoms with van der Waals surface area (Å²) in [5.74, 6) is 0.220. The minimum absolute atomic E-state index is 0.0234. The second kappa shape index (κ2) is 4.81. The highest BCUT2D eigenvalue weighted by atomic mass is 35.5. The minimum atomic E-state index is -0.693. The van der Waals surface area contributed by atoms with Crippen molar-refractivity contribution < 1.29 is 14.1 Å². The van der Waals surface area contributed by atoms with E-state index in [1.165, 1.54) is 6.07 Å². The lowest BCUT2D eigenvalue weighted by Gasteiger charge is -2.00. The van der Waals surface area contributed by atoms with Crippen molar-refractivity contribution in [3.05, 3.63) is 47.7 Å². The molecule has 0 aliphatic rings. The van der Waals surface area contributed by atoms with Crippen LogP contribution < -0.4 is 4.74 Å². The van der Waals surface area contributed by atoms with Crippen LogP contribution in [0.25, 0.3) is 0 Å². The first-order valence-electron chi connectivity index (χ1n) is 4.59. The van der Waals surface area contributed by atoms with Crippen molar-refractivity contribution in [3.63, 3.8) is 0 Å². The Morgan fingerprint density at radius 3 is 2.75 bits per heavy atom. The van der Waals surface area contributed by atoms with E-state index in [0.29, 0.717) is 6.61 Å². The van der Waals surface area contributed by atoms with Crippen LogP contribution in [0.5, 0.6) is 5.88 Å². The smallest absolute Gasteiger partial charge is 0.290 e. The molecule has 1 heterocycles. The van der Waals surface area contributed by atoms with Gasteiger partial charge in [0.25, 0.3) is 11.1 Å². The fraction of sp³-hybridized carbons (Fsp3) is 0.0909. The van der Waals surface area contributed by atoms with Crippen molar-refractivity contribution >= 4 is 16.8 Å². The third-order valence-electron chi connectivity index (χ3n) is 1.91. The number of ether oxygens (including phenoxy) is 1. The molecule has 0 spiro atoms. The largest absolute Gasteiger partial charge is 0.471 e. The molecule has 0 saturated carbocycles. The summed E-state index contributed by atoms with van der Waals surface area (Å²) >= 11 is 5.21. The highest BCUT2D eigenvalue weighted by molar-refractivity contribution is 6.67. The molecular weight excluding hydrogens is 230 g/mol. The molecule has 0 unspecified atom stereocenters. The molecule has 0 aliphatic heterocycles. The Morgan fingerprint density at radius 1 is 1.38 bits per heavy atom. The van der Waals surface area contributed by atoms with Crippen molar-refractivity contribution in [1.29, 1.82) is 0 Å². The van der Waals surface area contributed by atoms with Crippen molar-refractivity contribution in [2.45, 2.75) is 6.61 Å². The molecule has 0 radical (unpaired) electrons. The van der Waals surface area contributed by atoms with Crippen LogP contribution in [0.4, 0.5) is 0 Å². The lowest BCUT2D eigenvalue weighted by Crippen LogP contribution is -1.94. The Hall–Kier alpha value is -1.81. The summed E-state index contributed by atoms with van der Waals surface area (Å²) in [6, 6.07) is 11.0. The SMILES string of the molecule is O=C(Cl)c1cc(OCc2ccccc2)no1. The summed E-state index contributed by atoms with van der Waals surface area (Å²) in [4.78, 5) is 10.7. The van der Waals surface area contributed by atoms with E-state index in [9.17, 15) is 4.79 Å². The van der Waals surface area contributed by atoms with Crippen molar-refractivity contribution in [1.82, 2.24) is 5.16 Å². The standard InChI is InChI=1S/C11H8ClNO3/c12-11(14)9-6-10(13-16-9)15-7-8-4-2-1-3-5-8/h1-6H,7H2. The average Bonchev–Trinajstić information content (AvgIpc) is 2.76. The third kappa shape index (κ3) is 2.61. The second-order valence-corrected chi connectivity index (χ2v) is 3.42. The van der Waals surface area contributed by atoms with E-state index in [-0.39, 0.29) is 11.6 Å². The Labute approximate surface area is 96.8 Å². The maximum atomic E-state index is 10.7. The van der Waals surface area contributed by atoms with E-state index in [1.807, 2.05) is 30.3 Å². The highest BCUT2D eigenvalue weighted by Crippen LogP contribution is 2.14. The summed E-state index contributed by atoms with van der Waals surface area (Å²) < 4.78 is 9.97. The van der Waals surface area contributed by atoms with E-state index in [0.717, 1.165) is 5.56 Å². The van der Waals surface area contributed by atoms with E-state index in [1.54, 1.807) is 0 Å². The van der Waals surface area contributed by atoms with Crippen molar-refractivity contribution in [2.75, 3.05) is 0 Å². The number of halogens is 1. The molecule has 1 aromatic carbocycles. The number of rotatable bonds is 4. The zero-order valence-corrected chi connectivity index (χ0v) is 8.98. The maximum Gasteiger partial charge on any atom is 0.290 e. The monoisotopic (exact) mass is 237 g/mol. The summed E-state index contributed by atoms with van der Waals surface area (Å²) in [5, 5.41) is 2.86. The van der Waals surface area contributed by atoms with Gasteiger partial charge in [-0.1, -0.05) is 30.3 Å². The second-order valence-electron chi connectivity index (χ2n) is 3.08. The van der Waals surface area contributed by atoms with Gasteiger partial charge in [-0.05, 0) is 22.3 Å². The highest BCUT2D eigenvalue weighted by Gasteiger charge is 2.10. The van der Waals surface area contributed by atoms with Gasteiger partial charge in [-0.15, -0.1) is 0 Å². The average molecular weight is 238 g/mol. The molecule has 82 valence electrons. The minimum Gasteiger partial charge on any atom is -0.471 e. The van der Waals surface area contributed by atoms with Crippen LogP contribution in [0.2, 0.25) is 0 Å². The summed E-state index contributed by atoms with van der Waals surface area (Å²) in [5.41, 5.74) is 1.00. The van der Waals surface area contributed by atoms with Gasteiger partial charge < -0.3 is 9.26 Å². The Kier molecular flexibility index (Phi) is 3.22. The number of aromatic nitrogens is 1. The zero-order chi connectivity index (χ0) is 11.4. The Morgan fingerprint density at radius 2 is 2.12 bits per heavy atom. The quantitative estimate of drug-likeness (QED) is 0.767. The van der Waals surface area contributed by atoms with E-state index < -0.39 is 5.24 Å². The van der Waals surface area contributed by atoms with Crippen LogP contribution in [0, 0.1) is 0 Å². The molecule has 0 bridgehead atoms. The van der Waals surface area contributed by atoms with Gasteiger partial charge in [0.1, 0.15) is 6.61 Å². The first-order valence-corrected chi connectivity index (χ1v) is 4.97. The van der Waals surface area contributed by atoms with Gasteiger partial charge in [-0.3, -0.25) is 4.79 Å². The Bertz CT molecular complexity index is 481. The molecule has 0 fully saturated rings. The zero-order valence-electron chi connectivity index (χ0n) is 8.22. The molecule has 0 saturated heterocycles. The van der Waals surface area contributed by atoms with Crippen molar-refractivity contribution in [2.24, 2.45) is 0 Å². The first-order chi connectivity index (χ1) is 7.75. The van der Waals surface area contributed by atoms with E-state index in [4.69, 9.17) is 16.3 Å². The summed E-state index contributed by atoms with van der Waals surface area (Å²) in [6.45, 7) is 0.364. The molecule has 2 rings (SSSR count). The molecule has 0 aliphatic carbocycles. The number of carbonyl (C=O) groups is 1. The van der Waals surface area contributed by atoms with Crippen LogP contribution in [-0.2, 0) is 6.61 Å². The normalized spacial score (nSPS) is 10.1. The molecule has 16 heavy (non-hydrogen) atoms. The van der Waals surface area contributed by atoms with Gasteiger partial charge >= 0.3 is 0 Å². The van der Waals surface area contributed by atoms with Gasteiger partial charge in [-0.2, -0.15) is 0 Å². The molecule has 4 nitrogen and oxygen atoms in total. The number of hydrogen-bond acceptors (Lipinski definition) is 4. The molecule has 0 atom stereocenters. The van der Waals surface area contributed by atoms with Crippen molar-refractivity contribution in [3.8, 4) is 5.88 Å². The van der Waals surface area contributed by atoms with Crippen LogP contribution >= 0.6 is 11.6 Å². The van der Waals surface area contributed by atoms with Gasteiger partial charge in [0, 0.05) is 0 Å². The summed E-state index contributed by atoms with van der Waals surface area (Å²) in [7, 11) is 0. The van der Waals surface area contributed by atoms with Crippen LogP contribution in [0.15, 0.2) is 40.9 Å². The predicted octanol–water partition coefficient (Wildman–Crippen LogP) is 2.63. The van der Waals surface area contributed by atoms with Gasteiger partial charge in [0.15, 0.2) is 0 Å². The predicted molar refractivity (Wildman–Crippen MR) is 57.5 cm³/mol. The van der Waals surface area contributed by atoms with Gasteiger partial charge in [-0.25, -0.2) is 0 Å². The number of hydrogen-bond donors (Lipinski definition) is 0. The van der Waals surface area contributed by atoms with Gasteiger partial charge in [0.2, 0.25) is 5.76 Å². The molecule has 2 aromatic rings. The maximum absolute atomic E-state index is 10.7. The number of benzene rings is 1. The van der Waals surface area contributed by atoms with E-state index >= 15 is 0 Å². The first kappa shape index (κ1) is 10.7. The number of carbonyl (C=O) groups excluding carboxylic acids is 1. The summed E-state index contributed by atoms with van der Waals surface area (Å²) in [6.07, 6.45) is 0. The molecule has 5 heteroatoms. The molecular formula is C11H8ClNO3. The molecule has 0 N–H and O–H groups in total. The van der Waals surface area contributed by atoms with Crippen LogP contribution in [0.3, 0.4) is 0 Å². The molecule has 0 amide bonds. The van der Waals surface area contributed by atoms with Crippen LogP contribution in [-0.4, -0.2) is 10.4 Å². The van der Waals surface area contributed by atoms with Crippen LogP contribution in [0.1, 0.15) is 16.1 Å². The lowest BCUT2D eigenvalue weighted by molar-refractivity contribution is 0.104. The number of nitrogens with zero attached hydrogens (tertiary/aromatic N) is 1. The van der Waals surface area contributed by atoms with Gasteiger partial charge in [0.05, 0.1) is 6.07 Å². The topological polar surface area (TPSA) is 52.3 Å². The fourth-order valence-corrected chi connectivity index (χ4v) is 1.24. The molecule has 1 aromatic heterocycles.